The number of aryl methyl sites for hydroxylation is 1. The number of aliphatic imine (C=N–C) groups is 1. The normalized spacial score (nSPS) is 14.1. The number of nitrogens with zero attached hydrogens (tertiary/aromatic N) is 1. The van der Waals surface area contributed by atoms with Gasteiger partial charge >= 0.3 is 11.9 Å². The minimum Gasteiger partial charge on any atom is -0.490 e. The van der Waals surface area contributed by atoms with Gasteiger partial charge in [0.15, 0.2) is 17.2 Å². The number of rotatable bonds is 7. The maximum atomic E-state index is 12.4. The number of ether oxygens (including phenoxy) is 3. The molecular formula is C27H23NO5. The first-order valence-corrected chi connectivity index (χ1v) is 10.6. The summed E-state index contributed by atoms with van der Waals surface area (Å²) in [6.45, 7) is 4.21. The van der Waals surface area contributed by atoms with Crippen LogP contribution in [0.25, 0.3) is 6.08 Å². The quantitative estimate of drug-likeness (QED) is 0.297. The molecule has 0 aliphatic carbocycles. The van der Waals surface area contributed by atoms with Crippen LogP contribution in [-0.2, 0) is 20.7 Å². The Morgan fingerprint density at radius 3 is 2.48 bits per heavy atom. The molecular weight excluding hydrogens is 418 g/mol. The van der Waals surface area contributed by atoms with Crippen LogP contribution in [0.2, 0.25) is 0 Å². The van der Waals surface area contributed by atoms with Gasteiger partial charge in [0.05, 0.1) is 13.0 Å². The van der Waals surface area contributed by atoms with E-state index in [1.165, 1.54) is 0 Å². The van der Waals surface area contributed by atoms with Crippen molar-refractivity contribution >= 4 is 23.9 Å². The Morgan fingerprint density at radius 1 is 1.00 bits per heavy atom. The number of hydrogen-bond donors (Lipinski definition) is 0. The molecule has 1 heterocycles. The molecule has 0 bridgehead atoms. The molecule has 6 nitrogen and oxygen atoms in total. The molecule has 6 heteroatoms. The smallest absolute Gasteiger partial charge is 0.363 e. The number of carbonyl (C=O) groups is 2. The summed E-state index contributed by atoms with van der Waals surface area (Å²) in [6, 6.07) is 22.0. The molecule has 0 spiro atoms. The average molecular weight is 441 g/mol. The van der Waals surface area contributed by atoms with Crippen molar-refractivity contribution in [1.29, 1.82) is 0 Å². The third kappa shape index (κ3) is 5.54. The zero-order valence-electron chi connectivity index (χ0n) is 18.4. The summed E-state index contributed by atoms with van der Waals surface area (Å²) in [5, 5.41) is 0. The third-order valence-corrected chi connectivity index (χ3v) is 4.91. The molecule has 0 N–H and O–H groups in total. The van der Waals surface area contributed by atoms with Crippen LogP contribution in [0.4, 0.5) is 0 Å². The highest BCUT2D eigenvalue weighted by Crippen LogP contribution is 2.30. The topological polar surface area (TPSA) is 74.2 Å². The number of cyclic esters (lactones) is 1. The van der Waals surface area contributed by atoms with Gasteiger partial charge in [-0.2, -0.15) is 0 Å². The lowest BCUT2D eigenvalue weighted by Gasteiger charge is -2.11. The Bertz CT molecular complexity index is 1230. The molecule has 166 valence electrons. The maximum absolute atomic E-state index is 12.4. The molecule has 0 saturated heterocycles. The summed E-state index contributed by atoms with van der Waals surface area (Å²) in [6.07, 6.45) is 1.77. The van der Waals surface area contributed by atoms with E-state index in [9.17, 15) is 9.59 Å². The van der Waals surface area contributed by atoms with Crippen LogP contribution in [0.3, 0.4) is 0 Å². The average Bonchev–Trinajstić information content (AvgIpc) is 3.17. The highest BCUT2D eigenvalue weighted by molar-refractivity contribution is 6.12. The van der Waals surface area contributed by atoms with E-state index in [0.717, 1.165) is 16.7 Å². The van der Waals surface area contributed by atoms with Gasteiger partial charge in [0.2, 0.25) is 5.90 Å². The van der Waals surface area contributed by atoms with E-state index in [0.29, 0.717) is 23.7 Å². The second kappa shape index (κ2) is 9.96. The molecule has 33 heavy (non-hydrogen) atoms. The standard InChI is InChI=1S/C27H23NO5/c1-3-31-24-16-20(11-14-23(24)32-25(29)17-19-7-5-4-6-8-19)15-22-27(30)33-26(28-22)21-12-9-18(2)10-13-21/h4-16H,3,17H2,1-2H3/b22-15+. The van der Waals surface area contributed by atoms with Gasteiger partial charge in [-0.25, -0.2) is 9.79 Å². The van der Waals surface area contributed by atoms with Crippen molar-refractivity contribution in [2.24, 2.45) is 4.99 Å². The molecule has 0 unspecified atom stereocenters. The van der Waals surface area contributed by atoms with Crippen LogP contribution < -0.4 is 9.47 Å². The van der Waals surface area contributed by atoms with E-state index < -0.39 is 5.97 Å². The lowest BCUT2D eigenvalue weighted by atomic mass is 10.1. The Kier molecular flexibility index (Phi) is 6.64. The number of esters is 2. The van der Waals surface area contributed by atoms with Gasteiger partial charge in [-0.1, -0.05) is 54.1 Å². The Labute approximate surface area is 192 Å². The second-order valence-electron chi connectivity index (χ2n) is 7.48. The summed E-state index contributed by atoms with van der Waals surface area (Å²) in [4.78, 5) is 29.0. The fraction of sp³-hybridized carbons (Fsp3) is 0.148. The molecule has 0 atom stereocenters. The van der Waals surface area contributed by atoms with Gasteiger partial charge < -0.3 is 14.2 Å². The Balaban J connectivity index is 1.54. The van der Waals surface area contributed by atoms with Gasteiger partial charge in [-0.3, -0.25) is 4.79 Å². The van der Waals surface area contributed by atoms with Gasteiger partial charge in [0.1, 0.15) is 0 Å². The molecule has 0 aromatic heterocycles. The molecule has 3 aromatic carbocycles. The molecule has 0 radical (unpaired) electrons. The largest absolute Gasteiger partial charge is 0.490 e. The second-order valence-corrected chi connectivity index (χ2v) is 7.48. The molecule has 4 rings (SSSR count). The van der Waals surface area contributed by atoms with E-state index in [1.807, 2.05) is 68.4 Å². The number of carbonyl (C=O) groups excluding carboxylic acids is 2. The SMILES string of the molecule is CCOc1cc(/C=C2/N=C(c3ccc(C)cc3)OC2=O)ccc1OC(=O)Cc1ccccc1. The fourth-order valence-corrected chi connectivity index (χ4v) is 3.27. The van der Waals surface area contributed by atoms with Gasteiger partial charge in [-0.05, 0) is 55.3 Å². The fourth-order valence-electron chi connectivity index (χ4n) is 3.27. The van der Waals surface area contributed by atoms with E-state index >= 15 is 0 Å². The lowest BCUT2D eigenvalue weighted by molar-refractivity contribution is -0.133. The highest BCUT2D eigenvalue weighted by Gasteiger charge is 2.24. The zero-order valence-corrected chi connectivity index (χ0v) is 18.4. The van der Waals surface area contributed by atoms with E-state index in [2.05, 4.69) is 4.99 Å². The summed E-state index contributed by atoms with van der Waals surface area (Å²) in [7, 11) is 0. The molecule has 0 saturated carbocycles. The van der Waals surface area contributed by atoms with E-state index in [1.54, 1.807) is 24.3 Å². The summed E-state index contributed by atoms with van der Waals surface area (Å²) in [5.74, 6) is 0.0738. The zero-order chi connectivity index (χ0) is 23.2. The lowest BCUT2D eigenvalue weighted by Crippen LogP contribution is -2.12. The Hall–Kier alpha value is -4.19. The van der Waals surface area contributed by atoms with Crippen LogP contribution in [-0.4, -0.2) is 24.4 Å². The first kappa shape index (κ1) is 22.0. The first-order valence-electron chi connectivity index (χ1n) is 10.6. The minimum atomic E-state index is -0.526. The van der Waals surface area contributed by atoms with Crippen molar-refractivity contribution < 1.29 is 23.8 Å². The summed E-state index contributed by atoms with van der Waals surface area (Å²) >= 11 is 0. The van der Waals surface area contributed by atoms with Crippen LogP contribution in [0.15, 0.2) is 83.5 Å². The molecule has 0 amide bonds. The highest BCUT2D eigenvalue weighted by atomic mass is 16.6. The van der Waals surface area contributed by atoms with Crippen LogP contribution in [0, 0.1) is 6.92 Å². The van der Waals surface area contributed by atoms with E-state index in [-0.39, 0.29) is 24.0 Å². The molecule has 0 fully saturated rings. The van der Waals surface area contributed by atoms with Crippen LogP contribution in [0.5, 0.6) is 11.5 Å². The van der Waals surface area contributed by atoms with Crippen LogP contribution in [0.1, 0.15) is 29.2 Å². The maximum Gasteiger partial charge on any atom is 0.363 e. The Morgan fingerprint density at radius 2 is 1.76 bits per heavy atom. The van der Waals surface area contributed by atoms with Gasteiger partial charge in [-0.15, -0.1) is 0 Å². The minimum absolute atomic E-state index is 0.153. The van der Waals surface area contributed by atoms with Crippen molar-refractivity contribution in [2.45, 2.75) is 20.3 Å². The van der Waals surface area contributed by atoms with Crippen molar-refractivity contribution in [3.63, 3.8) is 0 Å². The predicted octanol–water partition coefficient (Wildman–Crippen LogP) is 4.89. The summed E-state index contributed by atoms with van der Waals surface area (Å²) in [5.41, 5.74) is 3.55. The number of benzene rings is 3. The third-order valence-electron chi connectivity index (χ3n) is 4.91. The summed E-state index contributed by atoms with van der Waals surface area (Å²) < 4.78 is 16.5. The van der Waals surface area contributed by atoms with Gasteiger partial charge in [0, 0.05) is 5.56 Å². The molecule has 1 aliphatic heterocycles. The van der Waals surface area contributed by atoms with Crippen LogP contribution >= 0.6 is 0 Å². The predicted molar refractivity (Wildman–Crippen MR) is 125 cm³/mol. The monoisotopic (exact) mass is 441 g/mol. The molecule has 1 aliphatic rings. The molecule has 3 aromatic rings. The van der Waals surface area contributed by atoms with Crippen molar-refractivity contribution in [1.82, 2.24) is 0 Å². The van der Waals surface area contributed by atoms with Crippen molar-refractivity contribution in [2.75, 3.05) is 6.61 Å². The number of hydrogen-bond acceptors (Lipinski definition) is 6. The van der Waals surface area contributed by atoms with Gasteiger partial charge in [0.25, 0.3) is 0 Å². The van der Waals surface area contributed by atoms with E-state index in [4.69, 9.17) is 14.2 Å². The first-order chi connectivity index (χ1) is 16.0. The van der Waals surface area contributed by atoms with Crippen molar-refractivity contribution in [3.05, 3.63) is 101 Å². The van der Waals surface area contributed by atoms with Crippen molar-refractivity contribution in [3.8, 4) is 11.5 Å².